The van der Waals surface area contributed by atoms with Crippen molar-refractivity contribution in [2.24, 2.45) is 0 Å². The first-order valence-corrected chi connectivity index (χ1v) is 8.84. The summed E-state index contributed by atoms with van der Waals surface area (Å²) in [6.45, 7) is 0.516. The average molecular weight is 369 g/mol. The summed E-state index contributed by atoms with van der Waals surface area (Å²) in [5, 5.41) is 0. The van der Waals surface area contributed by atoms with Crippen molar-refractivity contribution in [2.45, 2.75) is 25.4 Å². The van der Waals surface area contributed by atoms with E-state index < -0.39 is 5.97 Å². The Bertz CT molecular complexity index is 781. The molecule has 0 radical (unpaired) electrons. The number of hydrogen-bond acceptors (Lipinski definition) is 5. The molecule has 0 N–H and O–H groups in total. The number of nitrogens with zero attached hydrogens (tertiary/aromatic N) is 1. The van der Waals surface area contributed by atoms with Crippen LogP contribution in [0.3, 0.4) is 0 Å². The third-order valence-electron chi connectivity index (χ3n) is 4.46. The third kappa shape index (κ3) is 5.00. The Morgan fingerprint density at radius 3 is 2.15 bits per heavy atom. The number of benzene rings is 2. The summed E-state index contributed by atoms with van der Waals surface area (Å²) in [6.07, 6.45) is 2.05. The van der Waals surface area contributed by atoms with E-state index in [0.717, 1.165) is 24.2 Å². The van der Waals surface area contributed by atoms with Crippen LogP contribution in [0.2, 0.25) is 0 Å². The Hall–Kier alpha value is -3.02. The Kier molecular flexibility index (Phi) is 5.96. The average Bonchev–Trinajstić information content (AvgIpc) is 3.55. The van der Waals surface area contributed by atoms with Gasteiger partial charge in [0.15, 0.2) is 6.61 Å². The summed E-state index contributed by atoms with van der Waals surface area (Å²) >= 11 is 0. The van der Waals surface area contributed by atoms with Crippen molar-refractivity contribution in [3.05, 3.63) is 59.7 Å². The molecule has 6 nitrogen and oxygen atoms in total. The Morgan fingerprint density at radius 2 is 1.59 bits per heavy atom. The van der Waals surface area contributed by atoms with Gasteiger partial charge in [0.05, 0.1) is 19.8 Å². The minimum Gasteiger partial charge on any atom is -0.497 e. The maximum atomic E-state index is 12.6. The highest BCUT2D eigenvalue weighted by Gasteiger charge is 2.32. The molecule has 27 heavy (non-hydrogen) atoms. The number of ether oxygens (including phenoxy) is 3. The van der Waals surface area contributed by atoms with Crippen LogP contribution in [-0.4, -0.2) is 43.6 Å². The topological polar surface area (TPSA) is 65.1 Å². The van der Waals surface area contributed by atoms with Crippen molar-refractivity contribution in [1.29, 1.82) is 0 Å². The van der Waals surface area contributed by atoms with E-state index in [4.69, 9.17) is 9.47 Å². The van der Waals surface area contributed by atoms with Gasteiger partial charge < -0.3 is 19.1 Å². The van der Waals surface area contributed by atoms with Gasteiger partial charge in [-0.3, -0.25) is 4.79 Å². The Morgan fingerprint density at radius 1 is 0.963 bits per heavy atom. The molecule has 0 bridgehead atoms. The van der Waals surface area contributed by atoms with Gasteiger partial charge in [-0.25, -0.2) is 4.79 Å². The fourth-order valence-corrected chi connectivity index (χ4v) is 2.77. The van der Waals surface area contributed by atoms with Gasteiger partial charge in [0.2, 0.25) is 0 Å². The summed E-state index contributed by atoms with van der Waals surface area (Å²) in [5.74, 6) is 0.875. The van der Waals surface area contributed by atoms with E-state index in [1.807, 2.05) is 29.2 Å². The van der Waals surface area contributed by atoms with Crippen molar-refractivity contribution >= 4 is 11.9 Å². The first-order valence-electron chi connectivity index (χ1n) is 8.84. The molecule has 0 spiro atoms. The number of hydrogen-bond donors (Lipinski definition) is 0. The minimum absolute atomic E-state index is 0.0375. The van der Waals surface area contributed by atoms with Crippen molar-refractivity contribution in [3.63, 3.8) is 0 Å². The van der Waals surface area contributed by atoms with Gasteiger partial charge in [-0.2, -0.15) is 0 Å². The lowest BCUT2D eigenvalue weighted by Crippen LogP contribution is -2.36. The van der Waals surface area contributed by atoms with Gasteiger partial charge in [-0.1, -0.05) is 12.1 Å². The molecule has 0 aliphatic heterocycles. The minimum atomic E-state index is -0.406. The molecule has 2 aromatic carbocycles. The van der Waals surface area contributed by atoms with Crippen LogP contribution in [0.15, 0.2) is 48.5 Å². The lowest BCUT2D eigenvalue weighted by molar-refractivity contribution is -0.134. The van der Waals surface area contributed by atoms with E-state index in [-0.39, 0.29) is 18.6 Å². The summed E-state index contributed by atoms with van der Waals surface area (Å²) in [6, 6.07) is 14.5. The van der Waals surface area contributed by atoms with Crippen LogP contribution >= 0.6 is 0 Å². The smallest absolute Gasteiger partial charge is 0.337 e. The molecular formula is C21H23NO5. The zero-order valence-electron chi connectivity index (χ0n) is 15.5. The summed E-state index contributed by atoms with van der Waals surface area (Å²) in [4.78, 5) is 26.0. The molecule has 1 amide bonds. The number of methoxy groups -OCH3 is 2. The van der Waals surface area contributed by atoms with Gasteiger partial charge in [-0.15, -0.1) is 0 Å². The molecule has 142 valence electrons. The van der Waals surface area contributed by atoms with Crippen molar-refractivity contribution in [1.82, 2.24) is 4.90 Å². The molecule has 0 unspecified atom stereocenters. The van der Waals surface area contributed by atoms with E-state index in [2.05, 4.69) is 4.74 Å². The summed E-state index contributed by atoms with van der Waals surface area (Å²) in [5.41, 5.74) is 1.49. The first-order chi connectivity index (χ1) is 13.1. The third-order valence-corrected chi connectivity index (χ3v) is 4.46. The van der Waals surface area contributed by atoms with E-state index in [1.54, 1.807) is 31.4 Å². The molecule has 1 fully saturated rings. The molecule has 1 saturated carbocycles. The normalized spacial score (nSPS) is 13.0. The molecule has 6 heteroatoms. The molecule has 0 aromatic heterocycles. The van der Waals surface area contributed by atoms with Gasteiger partial charge in [0.1, 0.15) is 11.5 Å². The number of carbonyl (C=O) groups excluding carboxylic acids is 2. The van der Waals surface area contributed by atoms with Crippen LogP contribution in [0.25, 0.3) is 0 Å². The largest absolute Gasteiger partial charge is 0.497 e. The molecule has 2 aromatic rings. The zero-order chi connectivity index (χ0) is 19.2. The predicted octanol–water partition coefficient (Wildman–Crippen LogP) is 3.05. The van der Waals surface area contributed by atoms with E-state index in [1.165, 1.54) is 7.11 Å². The van der Waals surface area contributed by atoms with Crippen LogP contribution < -0.4 is 9.47 Å². The highest BCUT2D eigenvalue weighted by atomic mass is 16.5. The number of amides is 1. The van der Waals surface area contributed by atoms with E-state index in [9.17, 15) is 9.59 Å². The molecule has 1 aliphatic rings. The molecule has 0 saturated heterocycles. The molecule has 0 atom stereocenters. The fraction of sp³-hybridized carbons (Fsp3) is 0.333. The Labute approximate surface area is 158 Å². The van der Waals surface area contributed by atoms with Crippen LogP contribution in [0, 0.1) is 0 Å². The lowest BCUT2D eigenvalue weighted by Gasteiger charge is -2.23. The maximum Gasteiger partial charge on any atom is 0.337 e. The van der Waals surface area contributed by atoms with Crippen molar-refractivity contribution in [2.75, 3.05) is 20.8 Å². The van der Waals surface area contributed by atoms with Crippen molar-refractivity contribution < 1.29 is 23.8 Å². The molecular weight excluding hydrogens is 346 g/mol. The summed E-state index contributed by atoms with van der Waals surface area (Å²) in [7, 11) is 2.96. The molecule has 3 rings (SSSR count). The molecule has 0 heterocycles. The Balaban J connectivity index is 1.57. The van der Waals surface area contributed by atoms with E-state index >= 15 is 0 Å². The quantitative estimate of drug-likeness (QED) is 0.669. The fourth-order valence-electron chi connectivity index (χ4n) is 2.77. The van der Waals surface area contributed by atoms with Gasteiger partial charge in [0.25, 0.3) is 5.91 Å². The second kappa shape index (κ2) is 8.58. The standard InChI is InChI=1S/C21H23NO5/c1-25-18-9-3-15(4-10-18)13-22(17-7-8-17)20(23)14-27-19-11-5-16(6-12-19)21(24)26-2/h3-6,9-12,17H,7-8,13-14H2,1-2H3. The van der Waals surface area contributed by atoms with Gasteiger partial charge in [-0.05, 0) is 54.8 Å². The summed E-state index contributed by atoms with van der Waals surface area (Å²) < 4.78 is 15.4. The SMILES string of the molecule is COC(=O)c1ccc(OCC(=O)N(Cc2ccc(OC)cc2)C2CC2)cc1. The number of rotatable bonds is 8. The second-order valence-corrected chi connectivity index (χ2v) is 6.41. The highest BCUT2D eigenvalue weighted by molar-refractivity contribution is 5.89. The number of esters is 1. The van der Waals surface area contributed by atoms with Gasteiger partial charge in [0, 0.05) is 12.6 Å². The monoisotopic (exact) mass is 369 g/mol. The van der Waals surface area contributed by atoms with Crippen LogP contribution in [0.4, 0.5) is 0 Å². The maximum absolute atomic E-state index is 12.6. The molecule has 1 aliphatic carbocycles. The second-order valence-electron chi connectivity index (χ2n) is 6.41. The van der Waals surface area contributed by atoms with Crippen LogP contribution in [0.1, 0.15) is 28.8 Å². The predicted molar refractivity (Wildman–Crippen MR) is 99.8 cm³/mol. The first kappa shape index (κ1) is 18.8. The zero-order valence-corrected chi connectivity index (χ0v) is 15.5. The number of carbonyl (C=O) groups is 2. The van der Waals surface area contributed by atoms with Crippen LogP contribution in [0.5, 0.6) is 11.5 Å². The van der Waals surface area contributed by atoms with E-state index in [0.29, 0.717) is 17.9 Å². The van der Waals surface area contributed by atoms with Gasteiger partial charge >= 0.3 is 5.97 Å². The van der Waals surface area contributed by atoms with Crippen molar-refractivity contribution in [3.8, 4) is 11.5 Å². The highest BCUT2D eigenvalue weighted by Crippen LogP contribution is 2.29. The lowest BCUT2D eigenvalue weighted by atomic mass is 10.2. The van der Waals surface area contributed by atoms with Crippen LogP contribution in [-0.2, 0) is 16.1 Å².